The third-order valence-corrected chi connectivity index (χ3v) is 4.89. The van der Waals surface area contributed by atoms with E-state index in [4.69, 9.17) is 4.74 Å². The fraction of sp³-hybridized carbons (Fsp3) is 0.429. The van der Waals surface area contributed by atoms with Crippen LogP contribution in [0.2, 0.25) is 0 Å². The smallest absolute Gasteiger partial charge is 0.261 e. The van der Waals surface area contributed by atoms with Crippen LogP contribution in [0.3, 0.4) is 0 Å². The summed E-state index contributed by atoms with van der Waals surface area (Å²) in [6.45, 7) is 5.62. The van der Waals surface area contributed by atoms with Gasteiger partial charge in [0.2, 0.25) is 0 Å². The van der Waals surface area contributed by atoms with Crippen molar-refractivity contribution in [3.63, 3.8) is 0 Å². The Balaban J connectivity index is 1.62. The second-order valence-corrected chi connectivity index (χ2v) is 7.34. The van der Waals surface area contributed by atoms with Gasteiger partial charge in [0.25, 0.3) is 11.5 Å². The van der Waals surface area contributed by atoms with E-state index < -0.39 is 0 Å². The van der Waals surface area contributed by atoms with Crippen molar-refractivity contribution in [2.24, 2.45) is 5.92 Å². The van der Waals surface area contributed by atoms with Crippen molar-refractivity contribution in [2.45, 2.75) is 32.6 Å². The first-order chi connectivity index (χ1) is 12.9. The van der Waals surface area contributed by atoms with Gasteiger partial charge in [0, 0.05) is 24.7 Å². The zero-order valence-corrected chi connectivity index (χ0v) is 15.7. The van der Waals surface area contributed by atoms with Crippen LogP contribution in [-0.2, 0) is 0 Å². The van der Waals surface area contributed by atoms with E-state index in [0.29, 0.717) is 25.4 Å². The summed E-state index contributed by atoms with van der Waals surface area (Å²) in [7, 11) is 0. The highest BCUT2D eigenvalue weighted by molar-refractivity contribution is 5.93. The van der Waals surface area contributed by atoms with E-state index in [1.54, 1.807) is 29.2 Å². The van der Waals surface area contributed by atoms with Crippen LogP contribution in [0, 0.1) is 11.7 Å². The minimum atomic E-state index is -0.337. The average Bonchev–Trinajstić information content (AvgIpc) is 2.67. The Bertz CT molecular complexity index is 845. The molecular formula is C21H25FN2O3. The van der Waals surface area contributed by atoms with Gasteiger partial charge in [0.15, 0.2) is 0 Å². The van der Waals surface area contributed by atoms with Crippen LogP contribution >= 0.6 is 0 Å². The number of nitrogens with zero attached hydrogens (tertiary/aromatic N) is 1. The van der Waals surface area contributed by atoms with Crippen LogP contribution in [0.25, 0.3) is 0 Å². The number of halogens is 1. The van der Waals surface area contributed by atoms with Crippen molar-refractivity contribution < 1.29 is 13.9 Å². The van der Waals surface area contributed by atoms with Crippen LogP contribution in [0.15, 0.2) is 41.2 Å². The molecule has 3 rings (SSSR count). The van der Waals surface area contributed by atoms with Crippen molar-refractivity contribution in [1.82, 2.24) is 9.88 Å². The highest BCUT2D eigenvalue weighted by Gasteiger charge is 2.26. The molecule has 1 aromatic carbocycles. The third-order valence-electron chi connectivity index (χ3n) is 4.89. The number of H-pyrrole nitrogens is 1. The number of nitrogens with one attached hydrogen (secondary N) is 1. The number of ether oxygens (including phenoxy) is 1. The summed E-state index contributed by atoms with van der Waals surface area (Å²) >= 11 is 0. The number of carbonyl (C=O) groups is 1. The monoisotopic (exact) mass is 372 g/mol. The predicted octanol–water partition coefficient (Wildman–Crippen LogP) is 3.57. The largest absolute Gasteiger partial charge is 0.493 e. The molecule has 6 heteroatoms. The van der Waals surface area contributed by atoms with Gasteiger partial charge < -0.3 is 14.6 Å². The quantitative estimate of drug-likeness (QED) is 0.873. The Morgan fingerprint density at radius 1 is 1.26 bits per heavy atom. The van der Waals surface area contributed by atoms with E-state index in [1.165, 1.54) is 12.1 Å². The molecule has 1 fully saturated rings. The van der Waals surface area contributed by atoms with Crippen LogP contribution in [0.5, 0.6) is 5.75 Å². The second-order valence-electron chi connectivity index (χ2n) is 7.34. The molecule has 1 aromatic heterocycles. The summed E-state index contributed by atoms with van der Waals surface area (Å²) in [5.41, 5.74) is 0.663. The van der Waals surface area contributed by atoms with Crippen molar-refractivity contribution in [3.8, 4) is 5.75 Å². The Kier molecular flexibility index (Phi) is 5.94. The van der Waals surface area contributed by atoms with Gasteiger partial charge in [-0.25, -0.2) is 4.39 Å². The Hall–Kier alpha value is -2.63. The molecule has 1 aliphatic rings. The molecule has 144 valence electrons. The van der Waals surface area contributed by atoms with Gasteiger partial charge in [-0.05, 0) is 55.2 Å². The van der Waals surface area contributed by atoms with Crippen LogP contribution in [0.1, 0.15) is 48.7 Å². The molecule has 2 heterocycles. The fourth-order valence-corrected chi connectivity index (χ4v) is 3.29. The summed E-state index contributed by atoms with van der Waals surface area (Å²) < 4.78 is 18.7. The first-order valence-corrected chi connectivity index (χ1v) is 9.35. The van der Waals surface area contributed by atoms with E-state index in [-0.39, 0.29) is 34.7 Å². The average molecular weight is 372 g/mol. The van der Waals surface area contributed by atoms with E-state index in [2.05, 4.69) is 4.98 Å². The van der Waals surface area contributed by atoms with E-state index in [1.807, 2.05) is 13.8 Å². The summed E-state index contributed by atoms with van der Waals surface area (Å²) in [6.07, 6.45) is 1.82. The minimum Gasteiger partial charge on any atom is -0.493 e. The lowest BCUT2D eigenvalue weighted by atomic mass is 9.98. The first-order valence-electron chi connectivity index (χ1n) is 9.35. The Labute approximate surface area is 158 Å². The molecule has 1 N–H and O–H groups in total. The summed E-state index contributed by atoms with van der Waals surface area (Å²) in [5, 5.41) is 0. The summed E-state index contributed by atoms with van der Waals surface area (Å²) in [4.78, 5) is 29.6. The molecular weight excluding hydrogens is 347 g/mol. The Morgan fingerprint density at radius 3 is 2.67 bits per heavy atom. The summed E-state index contributed by atoms with van der Waals surface area (Å²) in [5.74, 6) is 0.454. The molecule has 2 aromatic rings. The van der Waals surface area contributed by atoms with Gasteiger partial charge in [0.05, 0.1) is 6.61 Å². The van der Waals surface area contributed by atoms with E-state index in [0.717, 1.165) is 18.5 Å². The molecule has 0 saturated carbocycles. The van der Waals surface area contributed by atoms with Crippen LogP contribution < -0.4 is 10.3 Å². The Morgan fingerprint density at radius 2 is 2.00 bits per heavy atom. The van der Waals surface area contributed by atoms with Crippen molar-refractivity contribution in [2.75, 3.05) is 19.7 Å². The van der Waals surface area contributed by atoms with Crippen molar-refractivity contribution in [3.05, 3.63) is 63.8 Å². The van der Waals surface area contributed by atoms with Gasteiger partial charge in [-0.3, -0.25) is 9.59 Å². The van der Waals surface area contributed by atoms with Crippen molar-refractivity contribution >= 4 is 5.91 Å². The molecule has 0 bridgehead atoms. The highest BCUT2D eigenvalue weighted by atomic mass is 19.1. The third kappa shape index (κ3) is 4.76. The number of rotatable bonds is 5. The normalized spacial score (nSPS) is 17.2. The number of aromatic nitrogens is 1. The highest BCUT2D eigenvalue weighted by Crippen LogP contribution is 2.20. The van der Waals surface area contributed by atoms with Crippen LogP contribution in [-0.4, -0.2) is 35.5 Å². The van der Waals surface area contributed by atoms with Crippen molar-refractivity contribution in [1.29, 1.82) is 0 Å². The molecule has 0 spiro atoms. The number of piperidine rings is 1. The molecule has 1 atom stereocenters. The molecule has 1 unspecified atom stereocenters. The zero-order chi connectivity index (χ0) is 19.4. The SMILES string of the molecule is CC(C)c1ccc(C(=O)N2CCCC(COc3ccc(F)cc3)C2)c(=O)[nH]1. The number of aromatic amines is 1. The van der Waals surface area contributed by atoms with E-state index in [9.17, 15) is 14.0 Å². The lowest BCUT2D eigenvalue weighted by Crippen LogP contribution is -2.43. The molecule has 1 aliphatic heterocycles. The fourth-order valence-electron chi connectivity index (χ4n) is 3.29. The van der Waals surface area contributed by atoms with Gasteiger partial charge in [-0.15, -0.1) is 0 Å². The molecule has 27 heavy (non-hydrogen) atoms. The molecule has 1 amide bonds. The number of hydrogen-bond acceptors (Lipinski definition) is 3. The minimum absolute atomic E-state index is 0.180. The molecule has 1 saturated heterocycles. The maximum atomic E-state index is 13.0. The number of carbonyl (C=O) groups excluding carboxylic acids is 1. The maximum Gasteiger partial charge on any atom is 0.261 e. The number of pyridine rings is 1. The van der Waals surface area contributed by atoms with Gasteiger partial charge in [-0.1, -0.05) is 13.8 Å². The number of benzene rings is 1. The number of hydrogen-bond donors (Lipinski definition) is 1. The predicted molar refractivity (Wildman–Crippen MR) is 102 cm³/mol. The maximum absolute atomic E-state index is 13.0. The van der Waals surface area contributed by atoms with Gasteiger partial charge in [0.1, 0.15) is 17.1 Å². The summed E-state index contributed by atoms with van der Waals surface area (Å²) in [6, 6.07) is 9.33. The molecule has 0 radical (unpaired) electrons. The lowest BCUT2D eigenvalue weighted by molar-refractivity contribution is 0.0631. The topological polar surface area (TPSA) is 62.4 Å². The standard InChI is InChI=1S/C21H25FN2O3/c1-14(2)19-10-9-18(20(25)23-19)21(26)24-11-3-4-15(12-24)13-27-17-7-5-16(22)6-8-17/h5-10,14-15H,3-4,11-13H2,1-2H3,(H,23,25). The number of amides is 1. The number of likely N-dealkylation sites (tertiary alicyclic amines) is 1. The van der Waals surface area contributed by atoms with Gasteiger partial charge >= 0.3 is 0 Å². The lowest BCUT2D eigenvalue weighted by Gasteiger charge is -2.32. The zero-order valence-electron chi connectivity index (χ0n) is 15.7. The van der Waals surface area contributed by atoms with Crippen LogP contribution in [0.4, 0.5) is 4.39 Å². The second kappa shape index (κ2) is 8.37. The van der Waals surface area contributed by atoms with Gasteiger partial charge in [-0.2, -0.15) is 0 Å². The molecule has 0 aliphatic carbocycles. The first kappa shape index (κ1) is 19.1. The van der Waals surface area contributed by atoms with E-state index >= 15 is 0 Å². The molecule has 5 nitrogen and oxygen atoms in total.